The number of benzene rings is 2. The van der Waals surface area contributed by atoms with Crippen LogP contribution in [0.15, 0.2) is 42.5 Å². The lowest BCUT2D eigenvalue weighted by atomic mass is 9.98. The maximum absolute atomic E-state index is 4.85. The van der Waals surface area contributed by atoms with Gasteiger partial charge < -0.3 is 0 Å². The highest BCUT2D eigenvalue weighted by molar-refractivity contribution is 5.86. The van der Waals surface area contributed by atoms with Crippen LogP contribution < -0.4 is 0 Å². The fraction of sp³-hybridized carbons (Fsp3) is 0.211. The van der Waals surface area contributed by atoms with Gasteiger partial charge in [-0.1, -0.05) is 29.8 Å². The van der Waals surface area contributed by atoms with Gasteiger partial charge in [0.05, 0.1) is 11.2 Å². The van der Waals surface area contributed by atoms with E-state index in [0.717, 1.165) is 11.2 Å². The molecule has 0 aliphatic heterocycles. The fourth-order valence-electron chi connectivity index (χ4n) is 2.68. The fourth-order valence-corrected chi connectivity index (χ4v) is 2.68. The Morgan fingerprint density at radius 3 is 2.35 bits per heavy atom. The zero-order chi connectivity index (χ0) is 14.3. The van der Waals surface area contributed by atoms with Crippen molar-refractivity contribution in [2.24, 2.45) is 0 Å². The van der Waals surface area contributed by atoms with Gasteiger partial charge in [-0.25, -0.2) is 4.98 Å². The summed E-state index contributed by atoms with van der Waals surface area (Å²) in [6.45, 7) is 8.63. The highest BCUT2D eigenvalue weighted by atomic mass is 14.7. The van der Waals surface area contributed by atoms with E-state index in [9.17, 15) is 0 Å². The third kappa shape index (κ3) is 2.09. The minimum atomic E-state index is 1.05. The number of rotatable bonds is 1. The van der Waals surface area contributed by atoms with Crippen LogP contribution >= 0.6 is 0 Å². The molecule has 0 fully saturated rings. The summed E-state index contributed by atoms with van der Waals surface area (Å²) in [5.74, 6) is 0. The average Bonchev–Trinajstić information content (AvgIpc) is 2.44. The summed E-state index contributed by atoms with van der Waals surface area (Å²) >= 11 is 0. The summed E-state index contributed by atoms with van der Waals surface area (Å²) in [6.07, 6.45) is 0. The van der Waals surface area contributed by atoms with E-state index in [-0.39, 0.29) is 0 Å². The lowest BCUT2D eigenvalue weighted by Gasteiger charge is -2.10. The van der Waals surface area contributed by atoms with E-state index in [1.807, 2.05) is 0 Å². The molecular weight excluding hydrogens is 242 g/mol. The number of aryl methyl sites for hydroxylation is 3. The first-order valence-electron chi connectivity index (χ1n) is 7.01. The number of pyridine rings is 1. The summed E-state index contributed by atoms with van der Waals surface area (Å²) < 4.78 is 0. The molecule has 1 aromatic heterocycles. The average molecular weight is 261 g/mol. The van der Waals surface area contributed by atoms with Crippen LogP contribution in [0.3, 0.4) is 0 Å². The molecule has 0 radical (unpaired) electrons. The van der Waals surface area contributed by atoms with E-state index in [2.05, 4.69) is 70.2 Å². The van der Waals surface area contributed by atoms with Gasteiger partial charge in [-0.2, -0.15) is 0 Å². The van der Waals surface area contributed by atoms with E-state index in [0.29, 0.717) is 0 Å². The number of fused-ring (bicyclic) bond motifs is 1. The lowest BCUT2D eigenvalue weighted by molar-refractivity contribution is 1.27. The molecule has 0 aliphatic carbocycles. The number of hydrogen-bond donors (Lipinski definition) is 0. The quantitative estimate of drug-likeness (QED) is 0.591. The van der Waals surface area contributed by atoms with Crippen LogP contribution in [-0.2, 0) is 0 Å². The molecule has 0 amide bonds. The number of aromatic nitrogens is 1. The first-order chi connectivity index (χ1) is 9.56. The predicted molar refractivity (Wildman–Crippen MR) is 86.1 cm³/mol. The van der Waals surface area contributed by atoms with E-state index >= 15 is 0 Å². The zero-order valence-electron chi connectivity index (χ0n) is 12.5. The molecule has 0 atom stereocenters. The zero-order valence-corrected chi connectivity index (χ0v) is 12.5. The Bertz CT molecular complexity index is 800. The second kappa shape index (κ2) is 4.75. The molecule has 3 aromatic rings. The molecule has 20 heavy (non-hydrogen) atoms. The van der Waals surface area contributed by atoms with Gasteiger partial charge in [0.1, 0.15) is 0 Å². The van der Waals surface area contributed by atoms with Gasteiger partial charge in [0.2, 0.25) is 0 Å². The summed E-state index contributed by atoms with van der Waals surface area (Å²) in [5.41, 5.74) is 8.59. The molecule has 3 rings (SSSR count). The Morgan fingerprint density at radius 1 is 0.800 bits per heavy atom. The molecule has 0 bridgehead atoms. The Kier molecular flexibility index (Phi) is 3.06. The second-order valence-electron chi connectivity index (χ2n) is 5.58. The summed E-state index contributed by atoms with van der Waals surface area (Å²) in [7, 11) is 0. The van der Waals surface area contributed by atoms with Crippen LogP contribution in [0.5, 0.6) is 0 Å². The van der Waals surface area contributed by atoms with Crippen molar-refractivity contribution < 1.29 is 0 Å². The molecule has 1 nitrogen and oxygen atoms in total. The van der Waals surface area contributed by atoms with E-state index < -0.39 is 0 Å². The topological polar surface area (TPSA) is 12.9 Å². The summed E-state index contributed by atoms with van der Waals surface area (Å²) in [5, 5.41) is 1.25. The van der Waals surface area contributed by atoms with Crippen molar-refractivity contribution in [3.05, 3.63) is 64.7 Å². The van der Waals surface area contributed by atoms with Crippen molar-refractivity contribution in [1.82, 2.24) is 4.98 Å². The van der Waals surface area contributed by atoms with Gasteiger partial charge in [0, 0.05) is 10.9 Å². The minimum Gasteiger partial charge on any atom is -0.248 e. The Hall–Kier alpha value is -2.15. The molecule has 1 heteroatoms. The molecular formula is C19H19N. The lowest BCUT2D eigenvalue weighted by Crippen LogP contribution is -1.92. The van der Waals surface area contributed by atoms with Crippen LogP contribution in [0.2, 0.25) is 0 Å². The van der Waals surface area contributed by atoms with Crippen molar-refractivity contribution in [2.75, 3.05) is 0 Å². The molecule has 0 spiro atoms. The normalized spacial score (nSPS) is 11.0. The summed E-state index contributed by atoms with van der Waals surface area (Å²) in [4.78, 5) is 4.85. The molecule has 1 heterocycles. The van der Waals surface area contributed by atoms with E-state index in [1.165, 1.54) is 33.2 Å². The Balaban J connectivity index is 2.23. The molecule has 2 aromatic carbocycles. The highest BCUT2D eigenvalue weighted by Gasteiger charge is 2.07. The molecule has 100 valence electrons. The first kappa shape index (κ1) is 12.9. The summed E-state index contributed by atoms with van der Waals surface area (Å²) in [6, 6.07) is 15.0. The smallest absolute Gasteiger partial charge is 0.0715 e. The molecule has 0 unspecified atom stereocenters. The molecule has 0 N–H and O–H groups in total. The standard InChI is InChI=1S/C19H19N/c1-12-6-5-7-16(10-12)18-9-8-17-15(4)14(3)13(2)11-19(17)20-18/h5-11H,1-4H3. The van der Waals surface area contributed by atoms with Gasteiger partial charge >= 0.3 is 0 Å². The monoisotopic (exact) mass is 261 g/mol. The van der Waals surface area contributed by atoms with Gasteiger partial charge in [0.25, 0.3) is 0 Å². The molecule has 0 saturated carbocycles. The number of hydrogen-bond acceptors (Lipinski definition) is 1. The van der Waals surface area contributed by atoms with Crippen molar-refractivity contribution in [1.29, 1.82) is 0 Å². The van der Waals surface area contributed by atoms with Crippen molar-refractivity contribution in [3.63, 3.8) is 0 Å². The van der Waals surface area contributed by atoms with Crippen molar-refractivity contribution in [3.8, 4) is 11.3 Å². The van der Waals surface area contributed by atoms with Crippen LogP contribution in [-0.4, -0.2) is 4.98 Å². The van der Waals surface area contributed by atoms with Gasteiger partial charge in [-0.15, -0.1) is 0 Å². The molecule has 0 aliphatic rings. The Morgan fingerprint density at radius 2 is 1.60 bits per heavy atom. The first-order valence-corrected chi connectivity index (χ1v) is 7.01. The van der Waals surface area contributed by atoms with Gasteiger partial charge in [-0.05, 0) is 62.6 Å². The highest BCUT2D eigenvalue weighted by Crippen LogP contribution is 2.27. The van der Waals surface area contributed by atoms with Crippen LogP contribution in [0, 0.1) is 27.7 Å². The van der Waals surface area contributed by atoms with Crippen molar-refractivity contribution >= 4 is 10.9 Å². The predicted octanol–water partition coefficient (Wildman–Crippen LogP) is 5.14. The third-order valence-electron chi connectivity index (χ3n) is 4.15. The number of nitrogens with zero attached hydrogens (tertiary/aromatic N) is 1. The van der Waals surface area contributed by atoms with Crippen LogP contribution in [0.1, 0.15) is 22.3 Å². The van der Waals surface area contributed by atoms with E-state index in [4.69, 9.17) is 4.98 Å². The van der Waals surface area contributed by atoms with Gasteiger partial charge in [-0.3, -0.25) is 0 Å². The maximum atomic E-state index is 4.85. The molecule has 0 saturated heterocycles. The SMILES string of the molecule is Cc1cccc(-c2ccc3c(C)c(C)c(C)cc3n2)c1. The largest absolute Gasteiger partial charge is 0.248 e. The van der Waals surface area contributed by atoms with Crippen LogP contribution in [0.4, 0.5) is 0 Å². The Labute approximate surface area is 120 Å². The van der Waals surface area contributed by atoms with Gasteiger partial charge in [0.15, 0.2) is 0 Å². The second-order valence-corrected chi connectivity index (χ2v) is 5.58. The van der Waals surface area contributed by atoms with E-state index in [1.54, 1.807) is 0 Å². The van der Waals surface area contributed by atoms with Crippen molar-refractivity contribution in [2.45, 2.75) is 27.7 Å². The van der Waals surface area contributed by atoms with Crippen LogP contribution in [0.25, 0.3) is 22.2 Å². The maximum Gasteiger partial charge on any atom is 0.0715 e. The minimum absolute atomic E-state index is 1.05. The third-order valence-corrected chi connectivity index (χ3v) is 4.15.